The minimum absolute atomic E-state index is 0.00330. The molecule has 2 saturated heterocycles. The first-order valence-corrected chi connectivity index (χ1v) is 17.0. The van der Waals surface area contributed by atoms with E-state index in [-0.39, 0.29) is 57.3 Å². The van der Waals surface area contributed by atoms with E-state index in [9.17, 15) is 29.4 Å². The van der Waals surface area contributed by atoms with Gasteiger partial charge in [0.15, 0.2) is 0 Å². The molecule has 2 aliphatic heterocycles. The minimum atomic E-state index is -1.45. The van der Waals surface area contributed by atoms with Crippen molar-refractivity contribution in [3.63, 3.8) is 0 Å². The van der Waals surface area contributed by atoms with Crippen molar-refractivity contribution >= 4 is 35.3 Å². The summed E-state index contributed by atoms with van der Waals surface area (Å²) in [5.41, 5.74) is 5.30. The molecule has 3 fully saturated rings. The number of carbonyl (C=O) groups is 5. The quantitative estimate of drug-likeness (QED) is 0.200. The summed E-state index contributed by atoms with van der Waals surface area (Å²) in [7, 11) is 0. The summed E-state index contributed by atoms with van der Waals surface area (Å²) < 4.78 is 6.07. The molecule has 11 nitrogen and oxygen atoms in total. The van der Waals surface area contributed by atoms with Crippen molar-refractivity contribution in [1.82, 2.24) is 9.91 Å². The fraction of sp³-hybridized carbons (Fsp3) is 0.359. The number of carboxylic acids is 1. The van der Waals surface area contributed by atoms with E-state index >= 15 is 4.79 Å². The number of aliphatic hydroxyl groups is 1. The number of amides is 4. The molecule has 4 aliphatic rings. The van der Waals surface area contributed by atoms with Gasteiger partial charge in [0.25, 0.3) is 11.8 Å². The number of hydrogen-bond donors (Lipinski definition) is 3. The molecule has 3 aromatic carbocycles. The molecule has 3 aromatic rings. The number of hydrogen-bond acceptors (Lipinski definition) is 8. The van der Waals surface area contributed by atoms with Crippen LogP contribution < -0.4 is 10.2 Å². The van der Waals surface area contributed by atoms with Crippen LogP contribution in [-0.4, -0.2) is 69.5 Å². The third-order valence-corrected chi connectivity index (χ3v) is 10.8. The number of allylic oxidation sites excluding steroid dienone is 2. The Hall–Kier alpha value is -5.29. The van der Waals surface area contributed by atoms with Gasteiger partial charge in [0, 0.05) is 24.4 Å². The molecule has 50 heavy (non-hydrogen) atoms. The molecule has 0 bridgehead atoms. The molecule has 0 spiro atoms. The zero-order valence-corrected chi connectivity index (χ0v) is 27.7. The van der Waals surface area contributed by atoms with Gasteiger partial charge in [-0.2, -0.15) is 5.01 Å². The Morgan fingerprint density at radius 2 is 1.64 bits per heavy atom. The van der Waals surface area contributed by atoms with Crippen LogP contribution in [0.2, 0.25) is 0 Å². The van der Waals surface area contributed by atoms with Crippen LogP contribution in [0.15, 0.2) is 90.5 Å². The average Bonchev–Trinajstić information content (AvgIpc) is 3.49. The predicted octanol–water partition coefficient (Wildman–Crippen LogP) is 4.22. The van der Waals surface area contributed by atoms with Crippen LogP contribution in [0.1, 0.15) is 48.3 Å². The number of ether oxygens (including phenoxy) is 1. The molecule has 0 radical (unpaired) electrons. The van der Waals surface area contributed by atoms with Gasteiger partial charge in [0.1, 0.15) is 12.4 Å². The van der Waals surface area contributed by atoms with Crippen LogP contribution in [-0.2, 0) is 29.4 Å². The number of benzene rings is 3. The molecule has 0 aromatic heterocycles. The molecule has 7 rings (SSSR count). The number of hydrazine groups is 1. The molecular formula is C39H39N3O8. The Morgan fingerprint density at radius 1 is 0.920 bits per heavy atom. The maximum absolute atomic E-state index is 15.3. The zero-order chi connectivity index (χ0) is 35.2. The fourth-order valence-corrected chi connectivity index (χ4v) is 8.77. The number of aliphatic carboxylic acids is 1. The summed E-state index contributed by atoms with van der Waals surface area (Å²) >= 11 is 0. The molecule has 2 heterocycles. The number of carbonyl (C=O) groups excluding carboxylic acids is 4. The van der Waals surface area contributed by atoms with E-state index in [1.165, 1.54) is 4.90 Å². The van der Waals surface area contributed by atoms with E-state index in [1.807, 2.05) is 67.6 Å². The van der Waals surface area contributed by atoms with E-state index in [2.05, 4.69) is 5.43 Å². The molecule has 11 heteroatoms. The van der Waals surface area contributed by atoms with Crippen molar-refractivity contribution in [3.05, 3.63) is 107 Å². The lowest BCUT2D eigenvalue weighted by Crippen LogP contribution is -2.53. The van der Waals surface area contributed by atoms with Gasteiger partial charge in [-0.15, -0.1) is 0 Å². The molecule has 1 saturated carbocycles. The van der Waals surface area contributed by atoms with Crippen molar-refractivity contribution in [3.8, 4) is 5.75 Å². The minimum Gasteiger partial charge on any atom is -0.491 e. The summed E-state index contributed by atoms with van der Waals surface area (Å²) in [6, 6.07) is 23.9. The van der Waals surface area contributed by atoms with Gasteiger partial charge in [0.2, 0.25) is 11.8 Å². The number of rotatable bonds is 11. The number of anilines is 1. The van der Waals surface area contributed by atoms with Gasteiger partial charge in [-0.3, -0.25) is 34.3 Å². The number of fused-ring (bicyclic) bond motifs is 4. The van der Waals surface area contributed by atoms with Gasteiger partial charge in [0.05, 0.1) is 35.5 Å². The van der Waals surface area contributed by atoms with Crippen molar-refractivity contribution in [2.75, 3.05) is 25.2 Å². The monoisotopic (exact) mass is 677 g/mol. The van der Waals surface area contributed by atoms with E-state index < -0.39 is 52.8 Å². The highest BCUT2D eigenvalue weighted by molar-refractivity contribution is 6.13. The highest BCUT2D eigenvalue weighted by Gasteiger charge is 2.70. The summed E-state index contributed by atoms with van der Waals surface area (Å²) in [6.07, 6.45) is 2.35. The summed E-state index contributed by atoms with van der Waals surface area (Å²) in [5.74, 6) is -5.80. The number of nitrogens with zero attached hydrogens (tertiary/aromatic N) is 2. The molecule has 3 N–H and O–H groups in total. The number of likely N-dealkylation sites (tertiary alicyclic amines) is 1. The molecule has 4 amide bonds. The largest absolute Gasteiger partial charge is 0.491 e. The standard InChI is InChI=1S/C39H39N3O8/c1-23-13-15-25(16-14-23)40-42-36(47)30-22-29-26(17-18-28-33(29)37(48)41(35(28)46)19-7-12-32(44)45)34(27-10-5-6-11-31(27)50-21-20-43)39(30,38(42)49)24-8-3-2-4-9-24/h2-6,8-11,13-17,28-30,33-34,40,43H,7,12,18-22H2,1H3,(H,44,45). The summed E-state index contributed by atoms with van der Waals surface area (Å²) in [6.45, 7) is 1.72. The third-order valence-electron chi connectivity index (χ3n) is 10.8. The van der Waals surface area contributed by atoms with Crippen molar-refractivity contribution < 1.29 is 38.9 Å². The Labute approximate surface area is 289 Å². The van der Waals surface area contributed by atoms with E-state index in [4.69, 9.17) is 4.74 Å². The average molecular weight is 678 g/mol. The number of imide groups is 2. The molecular weight excluding hydrogens is 638 g/mol. The van der Waals surface area contributed by atoms with E-state index in [1.54, 1.807) is 24.3 Å². The Balaban J connectivity index is 1.40. The van der Waals surface area contributed by atoms with E-state index in [0.29, 0.717) is 22.6 Å². The lowest BCUT2D eigenvalue weighted by molar-refractivity contribution is -0.142. The molecule has 6 unspecified atom stereocenters. The first-order chi connectivity index (χ1) is 24.2. The van der Waals surface area contributed by atoms with Crippen molar-refractivity contribution in [1.29, 1.82) is 0 Å². The number of nitrogens with one attached hydrogen (secondary N) is 1. The lowest BCUT2D eigenvalue weighted by Gasteiger charge is -2.50. The number of aryl methyl sites for hydroxylation is 1. The summed E-state index contributed by atoms with van der Waals surface area (Å²) in [5, 5.41) is 20.0. The van der Waals surface area contributed by atoms with Gasteiger partial charge >= 0.3 is 5.97 Å². The Bertz CT molecular complexity index is 1880. The van der Waals surface area contributed by atoms with Crippen LogP contribution >= 0.6 is 0 Å². The normalized spacial score (nSPS) is 27.1. The highest BCUT2D eigenvalue weighted by atomic mass is 16.5. The number of carboxylic acid groups (broad SMARTS) is 1. The molecule has 258 valence electrons. The number of para-hydroxylation sites is 1. The van der Waals surface area contributed by atoms with Crippen molar-refractivity contribution in [2.24, 2.45) is 23.7 Å². The number of aliphatic hydroxyl groups excluding tert-OH is 1. The smallest absolute Gasteiger partial charge is 0.303 e. The van der Waals surface area contributed by atoms with E-state index in [0.717, 1.165) is 16.1 Å². The molecule has 6 atom stereocenters. The maximum atomic E-state index is 15.3. The van der Waals surface area contributed by atoms with Crippen molar-refractivity contribution in [2.45, 2.75) is 43.9 Å². The van der Waals surface area contributed by atoms with Crippen LogP contribution in [0.3, 0.4) is 0 Å². The van der Waals surface area contributed by atoms with Crippen LogP contribution in [0, 0.1) is 30.6 Å². The lowest BCUT2D eigenvalue weighted by atomic mass is 9.49. The third kappa shape index (κ3) is 5.27. The zero-order valence-electron chi connectivity index (χ0n) is 27.7. The molecule has 2 aliphatic carbocycles. The summed E-state index contributed by atoms with van der Waals surface area (Å²) in [4.78, 5) is 70.3. The van der Waals surface area contributed by atoms with Gasteiger partial charge in [-0.25, -0.2) is 0 Å². The topological polar surface area (TPSA) is 154 Å². The maximum Gasteiger partial charge on any atom is 0.303 e. The van der Waals surface area contributed by atoms with Crippen LogP contribution in [0.4, 0.5) is 5.69 Å². The second-order valence-electron chi connectivity index (χ2n) is 13.5. The van der Waals surface area contributed by atoms with Gasteiger partial charge in [-0.05, 0) is 55.9 Å². The highest BCUT2D eigenvalue weighted by Crippen LogP contribution is 2.64. The first kappa shape index (κ1) is 33.2. The fourth-order valence-electron chi connectivity index (χ4n) is 8.77. The predicted molar refractivity (Wildman–Crippen MR) is 181 cm³/mol. The van der Waals surface area contributed by atoms with Crippen LogP contribution in [0.5, 0.6) is 5.75 Å². The Morgan fingerprint density at radius 3 is 2.36 bits per heavy atom. The van der Waals surface area contributed by atoms with Gasteiger partial charge < -0.3 is 14.9 Å². The first-order valence-electron chi connectivity index (χ1n) is 17.0. The van der Waals surface area contributed by atoms with Crippen LogP contribution in [0.25, 0.3) is 0 Å². The second kappa shape index (κ2) is 13.2. The van der Waals surface area contributed by atoms with Gasteiger partial charge in [-0.1, -0.05) is 77.9 Å². The SMILES string of the molecule is Cc1ccc(NN2C(=O)C3CC4C(=CCC5C(=O)N(CCCC(=O)O)C(=O)C54)C(c4ccccc4OCCO)C3(c3ccccc3)C2=O)cc1. The Kier molecular flexibility index (Phi) is 8.77. The second-order valence-corrected chi connectivity index (χ2v) is 13.5.